The van der Waals surface area contributed by atoms with E-state index < -0.39 is 0 Å². The average Bonchev–Trinajstić information content (AvgIpc) is 3.51. The Bertz CT molecular complexity index is 1540. The summed E-state index contributed by atoms with van der Waals surface area (Å²) in [6.45, 7) is 7.49. The van der Waals surface area contributed by atoms with Crippen molar-refractivity contribution in [2.24, 2.45) is 0 Å². The maximum Gasteiger partial charge on any atom is 0.253 e. The van der Waals surface area contributed by atoms with Crippen molar-refractivity contribution in [1.29, 1.82) is 0 Å². The number of likely N-dealkylation sites (tertiary alicyclic amines) is 1. The van der Waals surface area contributed by atoms with Gasteiger partial charge in [0.2, 0.25) is 0 Å². The van der Waals surface area contributed by atoms with Gasteiger partial charge in [-0.05, 0) is 113 Å². The predicted octanol–water partition coefficient (Wildman–Crippen LogP) is 7.18. The highest BCUT2D eigenvalue weighted by Gasteiger charge is 2.44. The van der Waals surface area contributed by atoms with Crippen LogP contribution in [0.1, 0.15) is 79.7 Å². The summed E-state index contributed by atoms with van der Waals surface area (Å²) in [4.78, 5) is 23.2. The molecule has 43 heavy (non-hydrogen) atoms. The molecular formula is C37H44N4O2. The van der Waals surface area contributed by atoms with Crippen molar-refractivity contribution < 1.29 is 9.53 Å². The van der Waals surface area contributed by atoms with E-state index in [1.54, 1.807) is 0 Å². The van der Waals surface area contributed by atoms with Crippen LogP contribution in [0.2, 0.25) is 0 Å². The van der Waals surface area contributed by atoms with Crippen molar-refractivity contribution in [3.8, 4) is 5.75 Å². The topological polar surface area (TPSA) is 50.6 Å². The Morgan fingerprint density at radius 2 is 1.56 bits per heavy atom. The molecule has 4 heterocycles. The zero-order valence-electron chi connectivity index (χ0n) is 25.6. The first kappa shape index (κ1) is 28.1. The number of rotatable bonds is 8. The standard InChI is InChI=1S/C37H44N4O2/c1-3-43-33-17-13-28(14-18-33)36(42)39-22-19-37(20-23-39,29-9-5-4-6-10-29)21-24-40-30-15-16-31(40)26-32(25-30)41-27(2)38-34-11-7-8-12-35(34)41/h4-14,17-18,30-32H,3,15-16,19-26H2,1-2H3/t30-,31+,32?. The number of para-hydroxylation sites is 2. The molecule has 3 aliphatic heterocycles. The molecule has 3 fully saturated rings. The monoisotopic (exact) mass is 576 g/mol. The van der Waals surface area contributed by atoms with Crippen LogP contribution in [0.3, 0.4) is 0 Å². The van der Waals surface area contributed by atoms with Crippen molar-refractivity contribution in [3.05, 3.63) is 95.8 Å². The summed E-state index contributed by atoms with van der Waals surface area (Å²) in [6.07, 6.45) is 8.18. The molecule has 3 aliphatic rings. The second-order valence-electron chi connectivity index (χ2n) is 12.9. The van der Waals surface area contributed by atoms with Crippen molar-refractivity contribution in [2.75, 3.05) is 26.2 Å². The van der Waals surface area contributed by atoms with E-state index in [4.69, 9.17) is 9.72 Å². The minimum absolute atomic E-state index is 0.101. The molecule has 0 spiro atoms. The molecule has 3 aromatic carbocycles. The first-order chi connectivity index (χ1) is 21.0. The number of imidazole rings is 1. The minimum atomic E-state index is 0.101. The van der Waals surface area contributed by atoms with Gasteiger partial charge in [-0.25, -0.2) is 4.98 Å². The van der Waals surface area contributed by atoms with Crippen LogP contribution in [0.15, 0.2) is 78.9 Å². The number of amides is 1. The Kier molecular flexibility index (Phi) is 7.72. The molecule has 6 heteroatoms. The van der Waals surface area contributed by atoms with E-state index in [0.29, 0.717) is 24.7 Å². The fourth-order valence-electron chi connectivity index (χ4n) is 8.45. The Labute approximate surface area is 255 Å². The number of carbonyl (C=O) groups excluding carboxylic acids is 1. The first-order valence-electron chi connectivity index (χ1n) is 16.3. The number of hydrogen-bond donors (Lipinski definition) is 0. The number of ether oxygens (including phenoxy) is 1. The molecule has 1 amide bonds. The van der Waals surface area contributed by atoms with Crippen LogP contribution in [0.5, 0.6) is 5.75 Å². The fraction of sp³-hybridized carbons (Fsp3) is 0.459. The van der Waals surface area contributed by atoms with Crippen LogP contribution >= 0.6 is 0 Å². The van der Waals surface area contributed by atoms with E-state index in [2.05, 4.69) is 75.9 Å². The highest BCUT2D eigenvalue weighted by Crippen LogP contribution is 2.45. The number of carbonyl (C=O) groups is 1. The van der Waals surface area contributed by atoms with Gasteiger partial charge in [0.05, 0.1) is 17.6 Å². The van der Waals surface area contributed by atoms with Gasteiger partial charge in [-0.15, -0.1) is 0 Å². The number of hydrogen-bond acceptors (Lipinski definition) is 4. The molecule has 4 aromatic rings. The van der Waals surface area contributed by atoms with Crippen molar-refractivity contribution >= 4 is 16.9 Å². The van der Waals surface area contributed by atoms with Crippen molar-refractivity contribution in [1.82, 2.24) is 19.4 Å². The SMILES string of the molecule is CCOc1ccc(C(=O)N2CCC(CCN3[C@@H]4CC[C@H]3CC(n3c(C)nc5ccccc53)C4)(c3ccccc3)CC2)cc1. The van der Waals surface area contributed by atoms with Crippen molar-refractivity contribution in [2.45, 2.75) is 82.3 Å². The van der Waals surface area contributed by atoms with Gasteiger partial charge in [-0.2, -0.15) is 0 Å². The van der Waals surface area contributed by atoms with Gasteiger partial charge in [-0.3, -0.25) is 9.69 Å². The fourth-order valence-corrected chi connectivity index (χ4v) is 8.45. The van der Waals surface area contributed by atoms with Crippen LogP contribution in [0.4, 0.5) is 0 Å². The minimum Gasteiger partial charge on any atom is -0.494 e. The zero-order chi connectivity index (χ0) is 29.4. The van der Waals surface area contributed by atoms with Crippen LogP contribution in [-0.4, -0.2) is 63.6 Å². The average molecular weight is 577 g/mol. The molecule has 0 saturated carbocycles. The van der Waals surface area contributed by atoms with Crippen LogP contribution in [-0.2, 0) is 5.41 Å². The molecule has 6 nitrogen and oxygen atoms in total. The van der Waals surface area contributed by atoms with Gasteiger partial charge in [0.25, 0.3) is 5.91 Å². The quantitative estimate of drug-likeness (QED) is 0.223. The van der Waals surface area contributed by atoms with Gasteiger partial charge >= 0.3 is 0 Å². The molecule has 2 bridgehead atoms. The Balaban J connectivity index is 1.04. The molecule has 0 radical (unpaired) electrons. The van der Waals surface area contributed by atoms with E-state index in [9.17, 15) is 4.79 Å². The smallest absolute Gasteiger partial charge is 0.253 e. The van der Waals surface area contributed by atoms with E-state index in [1.807, 2.05) is 31.2 Å². The molecule has 1 aromatic heterocycles. The summed E-state index contributed by atoms with van der Waals surface area (Å²) < 4.78 is 8.10. The number of nitrogens with zero attached hydrogens (tertiary/aromatic N) is 4. The Morgan fingerprint density at radius 3 is 2.26 bits per heavy atom. The van der Waals surface area contributed by atoms with Gasteiger partial charge in [0.1, 0.15) is 11.6 Å². The summed E-state index contributed by atoms with van der Waals surface area (Å²) in [5.74, 6) is 2.09. The molecule has 1 unspecified atom stereocenters. The number of benzene rings is 3. The van der Waals surface area contributed by atoms with Gasteiger partial charge < -0.3 is 14.2 Å². The van der Waals surface area contributed by atoms with E-state index in [-0.39, 0.29) is 11.3 Å². The van der Waals surface area contributed by atoms with Gasteiger partial charge in [-0.1, -0.05) is 42.5 Å². The third kappa shape index (κ3) is 5.35. The lowest BCUT2D eigenvalue weighted by molar-refractivity contribution is 0.0607. The molecular weight excluding hydrogens is 532 g/mol. The zero-order valence-corrected chi connectivity index (χ0v) is 25.6. The summed E-state index contributed by atoms with van der Waals surface area (Å²) in [5.41, 5.74) is 4.69. The Morgan fingerprint density at radius 1 is 0.884 bits per heavy atom. The Hall–Kier alpha value is -3.64. The number of aromatic nitrogens is 2. The second-order valence-corrected chi connectivity index (χ2v) is 12.9. The summed E-state index contributed by atoms with van der Waals surface area (Å²) in [5, 5.41) is 0. The van der Waals surface area contributed by atoms with Crippen molar-refractivity contribution in [3.63, 3.8) is 0 Å². The largest absolute Gasteiger partial charge is 0.494 e. The summed E-state index contributed by atoms with van der Waals surface area (Å²) in [7, 11) is 0. The van der Waals surface area contributed by atoms with Gasteiger partial charge in [0.15, 0.2) is 0 Å². The maximum atomic E-state index is 13.4. The lowest BCUT2D eigenvalue weighted by Gasteiger charge is -2.45. The molecule has 3 saturated heterocycles. The second kappa shape index (κ2) is 11.8. The molecule has 0 aliphatic carbocycles. The van der Waals surface area contributed by atoms with Crippen LogP contribution < -0.4 is 4.74 Å². The molecule has 3 atom stereocenters. The lowest BCUT2D eigenvalue weighted by Crippen LogP contribution is -2.49. The first-order valence-corrected chi connectivity index (χ1v) is 16.3. The highest BCUT2D eigenvalue weighted by molar-refractivity contribution is 5.94. The van der Waals surface area contributed by atoms with E-state index >= 15 is 0 Å². The third-order valence-corrected chi connectivity index (χ3v) is 10.7. The lowest BCUT2D eigenvalue weighted by atomic mass is 9.70. The number of aryl methyl sites for hydroxylation is 1. The van der Waals surface area contributed by atoms with Crippen LogP contribution in [0, 0.1) is 6.92 Å². The normalized spacial score (nSPS) is 23.5. The molecule has 7 rings (SSSR count). The highest BCUT2D eigenvalue weighted by atomic mass is 16.5. The number of piperidine rings is 2. The van der Waals surface area contributed by atoms with E-state index in [1.165, 1.54) is 36.8 Å². The van der Waals surface area contributed by atoms with E-state index in [0.717, 1.165) is 61.6 Å². The summed E-state index contributed by atoms with van der Waals surface area (Å²) in [6, 6.07) is 29.2. The predicted molar refractivity (Wildman–Crippen MR) is 172 cm³/mol. The van der Waals surface area contributed by atoms with Gasteiger partial charge in [0, 0.05) is 36.8 Å². The molecule has 224 valence electrons. The maximum absolute atomic E-state index is 13.4. The number of fused-ring (bicyclic) bond motifs is 3. The third-order valence-electron chi connectivity index (χ3n) is 10.7. The molecule has 0 N–H and O–H groups in total. The summed E-state index contributed by atoms with van der Waals surface area (Å²) >= 11 is 0. The van der Waals surface area contributed by atoms with Crippen LogP contribution in [0.25, 0.3) is 11.0 Å².